The molecule has 0 aliphatic carbocycles. The average molecular weight is 396 g/mol. The highest BCUT2D eigenvalue weighted by Gasteiger charge is 2.50. The monoisotopic (exact) mass is 396 g/mol. The normalized spacial score (nSPS) is 18.7. The van der Waals surface area contributed by atoms with E-state index in [9.17, 15) is 14.0 Å². The average Bonchev–Trinajstić information content (AvgIpc) is 3.06. The maximum absolute atomic E-state index is 13.2. The van der Waals surface area contributed by atoms with Gasteiger partial charge < -0.3 is 20.4 Å². The molecule has 4 rings (SSSR count). The van der Waals surface area contributed by atoms with Crippen molar-refractivity contribution in [2.75, 3.05) is 37.7 Å². The van der Waals surface area contributed by atoms with E-state index in [0.717, 1.165) is 31.6 Å². The lowest BCUT2D eigenvalue weighted by atomic mass is 9.85. The number of rotatable bonds is 5. The van der Waals surface area contributed by atoms with Crippen molar-refractivity contribution < 1.29 is 14.0 Å². The van der Waals surface area contributed by atoms with Crippen molar-refractivity contribution in [1.82, 2.24) is 15.5 Å². The Morgan fingerprint density at radius 1 is 1.10 bits per heavy atom. The standard InChI is InChI=1S/C22H25FN4O2/c23-18-6-4-5-17(15-18)20(28)24-11-14-26-12-9-22(10-13-26)21(29)25-16-27(22)19-7-2-1-3-8-19/h1-8,15H,9-14,16H2,(H,24,28)(H,25,29). The van der Waals surface area contributed by atoms with Gasteiger partial charge in [-0.25, -0.2) is 4.39 Å². The summed E-state index contributed by atoms with van der Waals surface area (Å²) in [5.74, 6) is -0.597. The van der Waals surface area contributed by atoms with Crippen LogP contribution in [0.2, 0.25) is 0 Å². The summed E-state index contributed by atoms with van der Waals surface area (Å²) in [5, 5.41) is 5.85. The van der Waals surface area contributed by atoms with Gasteiger partial charge in [-0.3, -0.25) is 9.59 Å². The molecule has 2 aliphatic heterocycles. The first-order valence-electron chi connectivity index (χ1n) is 9.96. The number of likely N-dealkylation sites (tertiary alicyclic amines) is 1. The third-order valence-electron chi connectivity index (χ3n) is 5.89. The summed E-state index contributed by atoms with van der Waals surface area (Å²) in [5.41, 5.74) is 0.883. The van der Waals surface area contributed by atoms with Gasteiger partial charge in [-0.2, -0.15) is 0 Å². The first-order valence-corrected chi connectivity index (χ1v) is 9.96. The number of carbonyl (C=O) groups excluding carboxylic acids is 2. The molecule has 0 atom stereocenters. The van der Waals surface area contributed by atoms with Gasteiger partial charge in [-0.1, -0.05) is 24.3 Å². The van der Waals surface area contributed by atoms with Crippen LogP contribution in [0.3, 0.4) is 0 Å². The molecule has 2 amide bonds. The van der Waals surface area contributed by atoms with Gasteiger partial charge in [-0.05, 0) is 43.2 Å². The van der Waals surface area contributed by atoms with Gasteiger partial charge in [0.1, 0.15) is 11.4 Å². The predicted octanol–water partition coefficient (Wildman–Crippen LogP) is 1.98. The Morgan fingerprint density at radius 2 is 1.86 bits per heavy atom. The number of amides is 2. The van der Waals surface area contributed by atoms with E-state index >= 15 is 0 Å². The predicted molar refractivity (Wildman–Crippen MR) is 109 cm³/mol. The van der Waals surface area contributed by atoms with Gasteiger partial charge in [0, 0.05) is 37.4 Å². The summed E-state index contributed by atoms with van der Waals surface area (Å²) in [4.78, 5) is 29.2. The summed E-state index contributed by atoms with van der Waals surface area (Å²) < 4.78 is 13.2. The van der Waals surface area contributed by atoms with Crippen molar-refractivity contribution >= 4 is 17.5 Å². The first-order chi connectivity index (χ1) is 14.1. The van der Waals surface area contributed by atoms with E-state index in [1.54, 1.807) is 6.07 Å². The Labute approximate surface area is 169 Å². The molecule has 0 bridgehead atoms. The van der Waals surface area contributed by atoms with Crippen molar-refractivity contribution in [3.05, 3.63) is 66.0 Å². The molecule has 2 saturated heterocycles. The molecule has 2 aliphatic rings. The zero-order valence-corrected chi connectivity index (χ0v) is 16.2. The van der Waals surface area contributed by atoms with E-state index in [-0.39, 0.29) is 11.8 Å². The minimum Gasteiger partial charge on any atom is -0.351 e. The molecule has 6 nitrogen and oxygen atoms in total. The summed E-state index contributed by atoms with van der Waals surface area (Å²) in [6.45, 7) is 3.28. The second-order valence-corrected chi connectivity index (χ2v) is 7.57. The minimum absolute atomic E-state index is 0.0976. The van der Waals surface area contributed by atoms with Crippen LogP contribution >= 0.6 is 0 Å². The Kier molecular flexibility index (Phi) is 5.49. The maximum Gasteiger partial charge on any atom is 0.251 e. The molecule has 0 aromatic heterocycles. The quantitative estimate of drug-likeness (QED) is 0.811. The third kappa shape index (κ3) is 3.96. The fourth-order valence-electron chi connectivity index (χ4n) is 4.24. The van der Waals surface area contributed by atoms with Crippen LogP contribution in [-0.2, 0) is 4.79 Å². The van der Waals surface area contributed by atoms with E-state index in [4.69, 9.17) is 0 Å². The topological polar surface area (TPSA) is 64.7 Å². The van der Waals surface area contributed by atoms with Gasteiger partial charge in [0.15, 0.2) is 0 Å². The number of para-hydroxylation sites is 1. The Morgan fingerprint density at radius 3 is 2.59 bits per heavy atom. The molecule has 152 valence electrons. The first kappa shape index (κ1) is 19.4. The summed E-state index contributed by atoms with van der Waals surface area (Å²) in [7, 11) is 0. The molecule has 2 heterocycles. The van der Waals surface area contributed by atoms with Gasteiger partial charge in [0.25, 0.3) is 5.91 Å². The van der Waals surface area contributed by atoms with Crippen LogP contribution in [0.4, 0.5) is 10.1 Å². The number of anilines is 1. The molecular weight excluding hydrogens is 371 g/mol. The molecular formula is C22H25FN4O2. The van der Waals surface area contributed by atoms with Crippen molar-refractivity contribution in [2.24, 2.45) is 0 Å². The number of hydrogen-bond donors (Lipinski definition) is 2. The second-order valence-electron chi connectivity index (χ2n) is 7.57. The molecule has 2 N–H and O–H groups in total. The highest BCUT2D eigenvalue weighted by molar-refractivity contribution is 5.94. The number of carbonyl (C=O) groups is 2. The largest absolute Gasteiger partial charge is 0.351 e. The molecule has 7 heteroatoms. The van der Waals surface area contributed by atoms with Crippen molar-refractivity contribution in [2.45, 2.75) is 18.4 Å². The lowest BCUT2D eigenvalue weighted by Gasteiger charge is -2.43. The molecule has 2 aromatic rings. The van der Waals surface area contributed by atoms with Crippen LogP contribution < -0.4 is 15.5 Å². The highest BCUT2D eigenvalue weighted by atomic mass is 19.1. The van der Waals surface area contributed by atoms with E-state index in [2.05, 4.69) is 20.4 Å². The van der Waals surface area contributed by atoms with Crippen LogP contribution in [0.1, 0.15) is 23.2 Å². The molecule has 2 aromatic carbocycles. The van der Waals surface area contributed by atoms with Crippen LogP contribution in [0, 0.1) is 5.82 Å². The smallest absolute Gasteiger partial charge is 0.251 e. The summed E-state index contributed by atoms with van der Waals surface area (Å²) in [6, 6.07) is 15.7. The Hall–Kier alpha value is -2.93. The second kappa shape index (κ2) is 8.21. The van der Waals surface area contributed by atoms with Crippen LogP contribution in [0.5, 0.6) is 0 Å². The molecule has 2 fully saturated rings. The van der Waals surface area contributed by atoms with Crippen molar-refractivity contribution in [1.29, 1.82) is 0 Å². The van der Waals surface area contributed by atoms with Crippen LogP contribution in [-0.4, -0.2) is 55.1 Å². The number of nitrogens with zero attached hydrogens (tertiary/aromatic N) is 2. The van der Waals surface area contributed by atoms with Gasteiger partial charge in [0.05, 0.1) is 6.67 Å². The van der Waals surface area contributed by atoms with E-state index in [0.29, 0.717) is 25.3 Å². The van der Waals surface area contributed by atoms with Gasteiger partial charge in [0.2, 0.25) is 5.91 Å². The fraction of sp³-hybridized carbons (Fsp3) is 0.364. The summed E-state index contributed by atoms with van der Waals surface area (Å²) >= 11 is 0. The van der Waals surface area contributed by atoms with Crippen LogP contribution in [0.25, 0.3) is 0 Å². The van der Waals surface area contributed by atoms with Crippen molar-refractivity contribution in [3.63, 3.8) is 0 Å². The van der Waals surface area contributed by atoms with E-state index in [1.165, 1.54) is 18.2 Å². The van der Waals surface area contributed by atoms with Gasteiger partial charge >= 0.3 is 0 Å². The fourth-order valence-corrected chi connectivity index (χ4v) is 4.24. The van der Waals surface area contributed by atoms with Crippen molar-refractivity contribution in [3.8, 4) is 0 Å². The van der Waals surface area contributed by atoms with Gasteiger partial charge in [-0.15, -0.1) is 0 Å². The maximum atomic E-state index is 13.2. The van der Waals surface area contributed by atoms with E-state index in [1.807, 2.05) is 30.3 Å². The number of nitrogens with one attached hydrogen (secondary N) is 2. The Bertz CT molecular complexity index is 881. The number of piperidine rings is 1. The molecule has 29 heavy (non-hydrogen) atoms. The van der Waals surface area contributed by atoms with Crippen LogP contribution in [0.15, 0.2) is 54.6 Å². The number of hydrogen-bond acceptors (Lipinski definition) is 4. The summed E-state index contributed by atoms with van der Waals surface area (Å²) in [6.07, 6.45) is 1.48. The SMILES string of the molecule is O=C(NCCN1CCC2(CC1)C(=O)NCN2c1ccccc1)c1cccc(F)c1. The lowest BCUT2D eigenvalue weighted by Crippen LogP contribution is -2.57. The van der Waals surface area contributed by atoms with E-state index < -0.39 is 11.4 Å². The molecule has 0 saturated carbocycles. The minimum atomic E-state index is -0.497. The Balaban J connectivity index is 1.31. The highest BCUT2D eigenvalue weighted by Crippen LogP contribution is 2.35. The number of benzene rings is 2. The lowest BCUT2D eigenvalue weighted by molar-refractivity contribution is -0.125. The zero-order chi connectivity index (χ0) is 20.3. The number of halogens is 1. The molecule has 1 spiro atoms. The molecule has 0 unspecified atom stereocenters. The molecule has 0 radical (unpaired) electrons. The zero-order valence-electron chi connectivity index (χ0n) is 16.2. The third-order valence-corrected chi connectivity index (χ3v) is 5.89.